The van der Waals surface area contributed by atoms with Crippen LogP contribution < -0.4 is 0 Å². The van der Waals surface area contributed by atoms with Crippen molar-refractivity contribution in [2.45, 2.75) is 32.8 Å². The molecule has 0 aliphatic carbocycles. The highest BCUT2D eigenvalue weighted by Crippen LogP contribution is 2.23. The summed E-state index contributed by atoms with van der Waals surface area (Å²) in [5.74, 6) is -2.77. The number of aliphatic hydroxyl groups is 1. The SMILES string of the molecule is CCC(C)(O)C(=O)c1c(F)ccc(C)c1F. The number of hydrogen-bond acceptors (Lipinski definition) is 2. The van der Waals surface area contributed by atoms with Gasteiger partial charge in [0.25, 0.3) is 0 Å². The van der Waals surface area contributed by atoms with Crippen LogP contribution in [0.2, 0.25) is 0 Å². The minimum absolute atomic E-state index is 0.0959. The van der Waals surface area contributed by atoms with Gasteiger partial charge in [0.2, 0.25) is 0 Å². The van der Waals surface area contributed by atoms with Crippen LogP contribution in [0.1, 0.15) is 36.2 Å². The lowest BCUT2D eigenvalue weighted by Gasteiger charge is -2.20. The van der Waals surface area contributed by atoms with Crippen molar-refractivity contribution in [2.24, 2.45) is 0 Å². The first kappa shape index (κ1) is 12.8. The Labute approximate surface area is 92.9 Å². The third-order valence-electron chi connectivity index (χ3n) is 2.69. The molecule has 0 radical (unpaired) electrons. The zero-order chi connectivity index (χ0) is 12.5. The molecule has 88 valence electrons. The van der Waals surface area contributed by atoms with Gasteiger partial charge in [-0.15, -0.1) is 0 Å². The molecule has 1 aromatic rings. The molecule has 0 saturated heterocycles. The maximum Gasteiger partial charge on any atom is 0.199 e. The first-order valence-corrected chi connectivity index (χ1v) is 5.03. The van der Waals surface area contributed by atoms with Crippen molar-refractivity contribution >= 4 is 5.78 Å². The van der Waals surface area contributed by atoms with Crippen LogP contribution in [0.25, 0.3) is 0 Å². The Morgan fingerprint density at radius 1 is 1.44 bits per heavy atom. The van der Waals surface area contributed by atoms with Crippen LogP contribution in [0.5, 0.6) is 0 Å². The van der Waals surface area contributed by atoms with Gasteiger partial charge in [-0.3, -0.25) is 4.79 Å². The Morgan fingerprint density at radius 3 is 2.50 bits per heavy atom. The van der Waals surface area contributed by atoms with E-state index in [4.69, 9.17) is 0 Å². The Bertz CT molecular complexity index is 425. The van der Waals surface area contributed by atoms with Gasteiger partial charge in [-0.25, -0.2) is 8.78 Å². The van der Waals surface area contributed by atoms with Crippen molar-refractivity contribution in [3.8, 4) is 0 Å². The molecule has 1 unspecified atom stereocenters. The molecule has 1 N–H and O–H groups in total. The molecule has 0 aliphatic rings. The number of rotatable bonds is 3. The predicted octanol–water partition coefficient (Wildman–Crippen LogP) is 2.62. The third-order valence-corrected chi connectivity index (χ3v) is 2.69. The summed E-state index contributed by atoms with van der Waals surface area (Å²) in [4.78, 5) is 11.8. The lowest BCUT2D eigenvalue weighted by molar-refractivity contribution is 0.0381. The Morgan fingerprint density at radius 2 is 2.00 bits per heavy atom. The number of ketones is 1. The van der Waals surface area contributed by atoms with E-state index in [1.807, 2.05) is 0 Å². The van der Waals surface area contributed by atoms with Crippen LogP contribution in [0.3, 0.4) is 0 Å². The monoisotopic (exact) mass is 228 g/mol. The standard InChI is InChI=1S/C12H14F2O2/c1-4-12(3,16)11(15)9-8(13)6-5-7(2)10(9)14/h5-6,16H,4H2,1-3H3. The summed E-state index contributed by atoms with van der Waals surface area (Å²) >= 11 is 0. The van der Waals surface area contributed by atoms with E-state index in [-0.39, 0.29) is 12.0 Å². The van der Waals surface area contributed by atoms with Gasteiger partial charge in [0, 0.05) is 0 Å². The first-order valence-electron chi connectivity index (χ1n) is 5.03. The van der Waals surface area contributed by atoms with E-state index in [1.165, 1.54) is 19.9 Å². The van der Waals surface area contributed by atoms with Crippen molar-refractivity contribution < 1.29 is 18.7 Å². The fourth-order valence-electron chi connectivity index (χ4n) is 1.29. The second-order valence-corrected chi connectivity index (χ2v) is 4.01. The van der Waals surface area contributed by atoms with E-state index < -0.39 is 28.6 Å². The van der Waals surface area contributed by atoms with Gasteiger partial charge in [-0.1, -0.05) is 13.0 Å². The highest BCUT2D eigenvalue weighted by atomic mass is 19.1. The molecule has 0 bridgehead atoms. The smallest absolute Gasteiger partial charge is 0.199 e. The van der Waals surface area contributed by atoms with Gasteiger partial charge >= 0.3 is 0 Å². The van der Waals surface area contributed by atoms with Gasteiger partial charge in [0.1, 0.15) is 17.2 Å². The van der Waals surface area contributed by atoms with Crippen molar-refractivity contribution in [3.63, 3.8) is 0 Å². The largest absolute Gasteiger partial charge is 0.382 e. The first-order chi connectivity index (χ1) is 7.31. The zero-order valence-electron chi connectivity index (χ0n) is 9.47. The molecule has 4 heteroatoms. The minimum Gasteiger partial charge on any atom is -0.382 e. The van der Waals surface area contributed by atoms with Crippen LogP contribution in [-0.2, 0) is 0 Å². The summed E-state index contributed by atoms with van der Waals surface area (Å²) < 4.78 is 27.0. The number of hydrogen-bond donors (Lipinski definition) is 1. The summed E-state index contributed by atoms with van der Waals surface area (Å²) in [6, 6.07) is 2.28. The van der Waals surface area contributed by atoms with E-state index in [9.17, 15) is 18.7 Å². The number of carbonyl (C=O) groups excluding carboxylic acids is 1. The van der Waals surface area contributed by atoms with Crippen LogP contribution in [0.4, 0.5) is 8.78 Å². The molecule has 0 amide bonds. The fraction of sp³-hybridized carbons (Fsp3) is 0.417. The van der Waals surface area contributed by atoms with Crippen LogP contribution in [0.15, 0.2) is 12.1 Å². The number of benzene rings is 1. The molecule has 1 aromatic carbocycles. The number of halogens is 2. The number of carbonyl (C=O) groups is 1. The molecular weight excluding hydrogens is 214 g/mol. The highest BCUT2D eigenvalue weighted by molar-refractivity contribution is 6.02. The minimum atomic E-state index is -1.74. The predicted molar refractivity (Wildman–Crippen MR) is 56.3 cm³/mol. The maximum absolute atomic E-state index is 13.6. The summed E-state index contributed by atoms with van der Waals surface area (Å²) in [5.41, 5.74) is -2.22. The highest BCUT2D eigenvalue weighted by Gasteiger charge is 2.33. The van der Waals surface area contributed by atoms with E-state index >= 15 is 0 Å². The lowest BCUT2D eigenvalue weighted by Crippen LogP contribution is -2.35. The quantitative estimate of drug-likeness (QED) is 0.807. The van der Waals surface area contributed by atoms with Crippen molar-refractivity contribution in [2.75, 3.05) is 0 Å². The van der Waals surface area contributed by atoms with E-state index in [0.29, 0.717) is 0 Å². The topological polar surface area (TPSA) is 37.3 Å². The van der Waals surface area contributed by atoms with Crippen molar-refractivity contribution in [3.05, 3.63) is 34.9 Å². The summed E-state index contributed by atoms with van der Waals surface area (Å²) in [6.45, 7) is 4.26. The van der Waals surface area contributed by atoms with E-state index in [2.05, 4.69) is 0 Å². The summed E-state index contributed by atoms with van der Waals surface area (Å²) in [5, 5.41) is 9.70. The average Bonchev–Trinajstić information content (AvgIpc) is 2.24. The number of aryl methyl sites for hydroxylation is 1. The summed E-state index contributed by atoms with van der Waals surface area (Å²) in [7, 11) is 0. The molecular formula is C12H14F2O2. The normalized spacial score (nSPS) is 14.6. The second kappa shape index (κ2) is 4.29. The summed E-state index contributed by atoms with van der Waals surface area (Å²) in [6.07, 6.45) is 0.0959. The molecule has 1 atom stereocenters. The maximum atomic E-state index is 13.6. The lowest BCUT2D eigenvalue weighted by atomic mass is 9.91. The van der Waals surface area contributed by atoms with E-state index in [1.54, 1.807) is 6.92 Å². The van der Waals surface area contributed by atoms with Gasteiger partial charge in [-0.2, -0.15) is 0 Å². The average molecular weight is 228 g/mol. The van der Waals surface area contributed by atoms with Crippen LogP contribution in [-0.4, -0.2) is 16.5 Å². The molecule has 1 rings (SSSR count). The van der Waals surface area contributed by atoms with Gasteiger partial charge in [0.05, 0.1) is 5.56 Å². The molecule has 2 nitrogen and oxygen atoms in total. The van der Waals surface area contributed by atoms with Crippen LogP contribution >= 0.6 is 0 Å². The Balaban J connectivity index is 3.34. The molecule has 0 saturated carbocycles. The number of Topliss-reactive ketones (excluding diaryl/α,β-unsaturated/α-hetero) is 1. The fourth-order valence-corrected chi connectivity index (χ4v) is 1.29. The van der Waals surface area contributed by atoms with Crippen molar-refractivity contribution in [1.82, 2.24) is 0 Å². The van der Waals surface area contributed by atoms with Crippen LogP contribution in [0, 0.1) is 18.6 Å². The zero-order valence-corrected chi connectivity index (χ0v) is 9.47. The third kappa shape index (κ3) is 2.11. The van der Waals surface area contributed by atoms with Gasteiger partial charge in [-0.05, 0) is 31.9 Å². The van der Waals surface area contributed by atoms with Crippen molar-refractivity contribution in [1.29, 1.82) is 0 Å². The second-order valence-electron chi connectivity index (χ2n) is 4.01. The Kier molecular flexibility index (Phi) is 3.43. The molecule has 16 heavy (non-hydrogen) atoms. The molecule has 0 aromatic heterocycles. The molecule has 0 spiro atoms. The van der Waals surface area contributed by atoms with Gasteiger partial charge in [0.15, 0.2) is 5.78 Å². The Hall–Kier alpha value is -1.29. The molecule has 0 fully saturated rings. The molecule has 0 aliphatic heterocycles. The van der Waals surface area contributed by atoms with Gasteiger partial charge < -0.3 is 5.11 Å². The molecule has 0 heterocycles. The van der Waals surface area contributed by atoms with E-state index in [0.717, 1.165) is 6.07 Å².